The first-order valence-corrected chi connectivity index (χ1v) is 11.5. The van der Waals surface area contributed by atoms with Crippen LogP contribution in [0, 0.1) is 0 Å². The Morgan fingerprint density at radius 1 is 1.12 bits per heavy atom. The van der Waals surface area contributed by atoms with E-state index in [4.69, 9.17) is 9.47 Å². The van der Waals surface area contributed by atoms with Gasteiger partial charge in [-0.1, -0.05) is 0 Å². The number of aromatic nitrogens is 5. The number of nitrogens with zero attached hydrogens (tertiary/aromatic N) is 5. The van der Waals surface area contributed by atoms with Crippen LogP contribution in [-0.2, 0) is 17.1 Å². The summed E-state index contributed by atoms with van der Waals surface area (Å²) in [5, 5.41) is 6.94. The molecule has 13 heteroatoms. The molecule has 32 heavy (non-hydrogen) atoms. The number of sulfonamides is 1. The standard InChI is InChI=1S/C19H20BrN7O4S/c1-21-18-19-22-8-14(27(19)10-16(20)24-18)11-5-13(17(31-4)15(6-11)30-3)25-32(28,29)12-7-23-26(2)9-12/h5-10,25H,1-4H3,(H,21,24). The Morgan fingerprint density at radius 2 is 1.91 bits per heavy atom. The first-order chi connectivity index (χ1) is 15.3. The number of imidazole rings is 1. The Labute approximate surface area is 192 Å². The minimum atomic E-state index is -3.91. The van der Waals surface area contributed by atoms with Gasteiger partial charge in [-0.15, -0.1) is 0 Å². The lowest BCUT2D eigenvalue weighted by molar-refractivity contribution is 0.356. The van der Waals surface area contributed by atoms with Crippen molar-refractivity contribution in [2.75, 3.05) is 31.3 Å². The second-order valence-electron chi connectivity index (χ2n) is 6.71. The van der Waals surface area contributed by atoms with Crippen LogP contribution in [0.15, 0.2) is 46.4 Å². The van der Waals surface area contributed by atoms with Gasteiger partial charge < -0.3 is 14.8 Å². The van der Waals surface area contributed by atoms with E-state index in [-0.39, 0.29) is 16.3 Å². The Balaban J connectivity index is 1.89. The summed E-state index contributed by atoms with van der Waals surface area (Å²) in [4.78, 5) is 8.85. The highest BCUT2D eigenvalue weighted by Gasteiger charge is 2.22. The number of fused-ring (bicyclic) bond motifs is 1. The number of nitrogens with one attached hydrogen (secondary N) is 2. The lowest BCUT2D eigenvalue weighted by Gasteiger charge is -2.16. The zero-order chi connectivity index (χ0) is 23.0. The molecule has 0 aliphatic heterocycles. The van der Waals surface area contributed by atoms with E-state index in [9.17, 15) is 8.42 Å². The van der Waals surface area contributed by atoms with Crippen LogP contribution in [0.3, 0.4) is 0 Å². The van der Waals surface area contributed by atoms with Crippen molar-refractivity contribution in [2.45, 2.75) is 4.90 Å². The molecular formula is C19H20BrN7O4S. The fourth-order valence-corrected chi connectivity index (χ4v) is 4.69. The van der Waals surface area contributed by atoms with Gasteiger partial charge in [-0.05, 0) is 28.1 Å². The van der Waals surface area contributed by atoms with Crippen molar-refractivity contribution in [3.63, 3.8) is 0 Å². The number of hydrogen-bond acceptors (Lipinski definition) is 8. The van der Waals surface area contributed by atoms with E-state index in [0.29, 0.717) is 33.1 Å². The highest BCUT2D eigenvalue weighted by Crippen LogP contribution is 2.41. The Morgan fingerprint density at radius 3 is 2.53 bits per heavy atom. The molecule has 2 N–H and O–H groups in total. The predicted molar refractivity (Wildman–Crippen MR) is 123 cm³/mol. The average molecular weight is 522 g/mol. The molecule has 1 aromatic carbocycles. The van der Waals surface area contributed by atoms with E-state index in [0.717, 1.165) is 0 Å². The maximum Gasteiger partial charge on any atom is 0.265 e. The van der Waals surface area contributed by atoms with Crippen molar-refractivity contribution < 1.29 is 17.9 Å². The Bertz CT molecular complexity index is 1410. The molecule has 0 aliphatic carbocycles. The molecule has 0 radical (unpaired) electrons. The van der Waals surface area contributed by atoms with E-state index in [1.165, 1.54) is 31.3 Å². The van der Waals surface area contributed by atoms with Gasteiger partial charge in [0.2, 0.25) is 0 Å². The normalized spacial score (nSPS) is 11.5. The molecule has 0 fully saturated rings. The molecular weight excluding hydrogens is 502 g/mol. The molecule has 0 bridgehead atoms. The van der Waals surface area contributed by atoms with Crippen LogP contribution >= 0.6 is 15.9 Å². The zero-order valence-corrected chi connectivity index (χ0v) is 20.0. The van der Waals surface area contributed by atoms with Crippen molar-refractivity contribution in [2.24, 2.45) is 7.05 Å². The lowest BCUT2D eigenvalue weighted by atomic mass is 10.1. The van der Waals surface area contributed by atoms with E-state index in [2.05, 4.69) is 41.0 Å². The molecule has 4 rings (SSSR count). The van der Waals surface area contributed by atoms with E-state index in [1.54, 1.807) is 38.6 Å². The SMILES string of the molecule is CNc1nc(Br)cn2c(-c3cc(NS(=O)(=O)c4cnn(C)c4)c(OC)c(OC)c3)cnc12. The minimum absolute atomic E-state index is 0.0230. The number of rotatable bonds is 7. The average Bonchev–Trinajstić information content (AvgIpc) is 3.39. The highest BCUT2D eigenvalue weighted by molar-refractivity contribution is 9.10. The summed E-state index contributed by atoms with van der Waals surface area (Å²) in [6, 6.07) is 3.41. The van der Waals surface area contributed by atoms with Gasteiger partial charge in [-0.3, -0.25) is 13.8 Å². The summed E-state index contributed by atoms with van der Waals surface area (Å²) in [5.41, 5.74) is 2.17. The number of hydrogen-bond donors (Lipinski definition) is 2. The Kier molecular flexibility index (Phi) is 5.69. The monoisotopic (exact) mass is 521 g/mol. The number of methoxy groups -OCH3 is 2. The number of halogens is 1. The van der Waals surface area contributed by atoms with Gasteiger partial charge in [0, 0.05) is 32.1 Å². The molecule has 0 saturated carbocycles. The molecule has 0 saturated heterocycles. The van der Waals surface area contributed by atoms with Crippen LogP contribution in [0.25, 0.3) is 16.9 Å². The number of benzene rings is 1. The molecule has 0 amide bonds. The third kappa shape index (κ3) is 3.84. The van der Waals surface area contributed by atoms with Crippen LogP contribution in [0.2, 0.25) is 0 Å². The van der Waals surface area contributed by atoms with Gasteiger partial charge in [0.05, 0.1) is 38.0 Å². The van der Waals surface area contributed by atoms with Gasteiger partial charge in [0.1, 0.15) is 9.50 Å². The molecule has 0 aliphatic rings. The highest BCUT2D eigenvalue weighted by atomic mass is 79.9. The van der Waals surface area contributed by atoms with Gasteiger partial charge in [-0.2, -0.15) is 5.10 Å². The largest absolute Gasteiger partial charge is 0.493 e. The van der Waals surface area contributed by atoms with Gasteiger partial charge >= 0.3 is 0 Å². The maximum atomic E-state index is 12.9. The van der Waals surface area contributed by atoms with Crippen LogP contribution in [0.1, 0.15) is 0 Å². The summed E-state index contributed by atoms with van der Waals surface area (Å²) in [7, 11) is 2.40. The fourth-order valence-electron chi connectivity index (χ4n) is 3.27. The van der Waals surface area contributed by atoms with E-state index < -0.39 is 10.0 Å². The number of aryl methyl sites for hydroxylation is 1. The quantitative estimate of drug-likeness (QED) is 0.380. The first kappa shape index (κ1) is 21.9. The summed E-state index contributed by atoms with van der Waals surface area (Å²) < 4.78 is 43.2. The summed E-state index contributed by atoms with van der Waals surface area (Å²) in [6.45, 7) is 0. The molecule has 0 spiro atoms. The molecule has 4 aromatic rings. The van der Waals surface area contributed by atoms with E-state index >= 15 is 0 Å². The Hall–Kier alpha value is -3.32. The molecule has 11 nitrogen and oxygen atoms in total. The van der Waals surface area contributed by atoms with E-state index in [1.807, 2.05) is 4.40 Å². The van der Waals surface area contributed by atoms with Gasteiger partial charge in [0.15, 0.2) is 23.0 Å². The van der Waals surface area contributed by atoms with Crippen LogP contribution in [-0.4, -0.2) is 53.8 Å². The van der Waals surface area contributed by atoms with Crippen LogP contribution < -0.4 is 19.5 Å². The number of anilines is 2. The number of ether oxygens (including phenoxy) is 2. The summed E-state index contributed by atoms with van der Waals surface area (Å²) in [5.74, 6) is 1.19. The lowest BCUT2D eigenvalue weighted by Crippen LogP contribution is -2.13. The topological polar surface area (TPSA) is 125 Å². The van der Waals surface area contributed by atoms with Gasteiger partial charge in [0.25, 0.3) is 10.0 Å². The second-order valence-corrected chi connectivity index (χ2v) is 9.21. The van der Waals surface area contributed by atoms with Crippen LogP contribution in [0.5, 0.6) is 11.5 Å². The van der Waals surface area contributed by atoms with Crippen molar-refractivity contribution in [3.8, 4) is 22.8 Å². The van der Waals surface area contributed by atoms with Crippen LogP contribution in [0.4, 0.5) is 11.5 Å². The smallest absolute Gasteiger partial charge is 0.265 e. The zero-order valence-electron chi connectivity index (χ0n) is 17.6. The van der Waals surface area contributed by atoms with Crippen molar-refractivity contribution in [1.29, 1.82) is 0 Å². The third-order valence-corrected chi connectivity index (χ3v) is 6.41. The maximum absolute atomic E-state index is 12.9. The second kappa shape index (κ2) is 8.31. The molecule has 0 atom stereocenters. The first-order valence-electron chi connectivity index (χ1n) is 9.26. The van der Waals surface area contributed by atoms with Crippen molar-refractivity contribution in [3.05, 3.63) is 41.5 Å². The van der Waals surface area contributed by atoms with Crippen molar-refractivity contribution >= 4 is 43.1 Å². The third-order valence-electron chi connectivity index (χ3n) is 4.71. The summed E-state index contributed by atoms with van der Waals surface area (Å²) >= 11 is 3.40. The summed E-state index contributed by atoms with van der Waals surface area (Å²) in [6.07, 6.45) is 6.12. The molecule has 3 heterocycles. The molecule has 168 valence electrons. The van der Waals surface area contributed by atoms with Crippen molar-refractivity contribution in [1.82, 2.24) is 24.1 Å². The fraction of sp³-hybridized carbons (Fsp3) is 0.211. The molecule has 0 unspecified atom stereocenters. The predicted octanol–water partition coefficient (Wildman–Crippen LogP) is 2.75. The van der Waals surface area contributed by atoms with Gasteiger partial charge in [-0.25, -0.2) is 18.4 Å². The minimum Gasteiger partial charge on any atom is -0.493 e. The molecule has 3 aromatic heterocycles.